The third-order valence-electron chi connectivity index (χ3n) is 5.15. The molecule has 3 atom stereocenters. The highest BCUT2D eigenvalue weighted by molar-refractivity contribution is 5.83. The van der Waals surface area contributed by atoms with E-state index >= 15 is 0 Å². The second-order valence-electron chi connectivity index (χ2n) is 10.3. The van der Waals surface area contributed by atoms with Gasteiger partial charge in [0.1, 0.15) is 17.2 Å². The minimum Gasteiger partial charge on any atom is -0.458 e. The van der Waals surface area contributed by atoms with Crippen molar-refractivity contribution in [3.63, 3.8) is 0 Å². The molecule has 1 saturated heterocycles. The standard InChI is InChI=1S/C24H43N3O5/c1-10-12-18-15-20(21(29)31-23(4,5)6)27(22(30)32-24(7,8)9)19(18)13-14-26(11-2)16-25-17(3)28/h10,12,18-20H,11,13-16H2,1-9H3,(H,25,28)/b12-10-/t18-,19-,20-/m1/s1. The summed E-state index contributed by atoms with van der Waals surface area (Å²) in [5, 5.41) is 2.82. The Labute approximate surface area is 193 Å². The van der Waals surface area contributed by atoms with Crippen LogP contribution in [0.15, 0.2) is 12.2 Å². The number of carbonyl (C=O) groups is 3. The van der Waals surface area contributed by atoms with Gasteiger partial charge in [-0.15, -0.1) is 0 Å². The number of amides is 2. The van der Waals surface area contributed by atoms with Gasteiger partial charge < -0.3 is 14.8 Å². The number of likely N-dealkylation sites (tertiary alicyclic amines) is 1. The van der Waals surface area contributed by atoms with Gasteiger partial charge in [0.15, 0.2) is 0 Å². The molecule has 1 rings (SSSR count). The molecule has 1 aliphatic heterocycles. The Balaban J connectivity index is 3.18. The summed E-state index contributed by atoms with van der Waals surface area (Å²) >= 11 is 0. The van der Waals surface area contributed by atoms with Crippen LogP contribution in [-0.2, 0) is 19.1 Å². The third kappa shape index (κ3) is 9.18. The predicted molar refractivity (Wildman–Crippen MR) is 125 cm³/mol. The highest BCUT2D eigenvalue weighted by Crippen LogP contribution is 2.36. The first-order valence-corrected chi connectivity index (χ1v) is 11.5. The molecule has 2 amide bonds. The summed E-state index contributed by atoms with van der Waals surface area (Å²) in [7, 11) is 0. The molecular formula is C24H43N3O5. The number of esters is 1. The molecule has 0 saturated carbocycles. The molecule has 1 N–H and O–H groups in total. The Morgan fingerprint density at radius 1 is 1.09 bits per heavy atom. The van der Waals surface area contributed by atoms with Gasteiger partial charge in [0, 0.05) is 19.5 Å². The number of rotatable bonds is 8. The molecule has 0 radical (unpaired) electrons. The van der Waals surface area contributed by atoms with Gasteiger partial charge >= 0.3 is 12.1 Å². The van der Waals surface area contributed by atoms with Crippen LogP contribution < -0.4 is 5.32 Å². The SMILES string of the molecule is C/C=C\[C@@H]1C[C@H](C(=O)OC(C)(C)C)N(C(=O)OC(C)(C)C)[C@@H]1CCN(CC)CNC(C)=O. The van der Waals surface area contributed by atoms with E-state index in [1.165, 1.54) is 6.92 Å². The largest absolute Gasteiger partial charge is 0.458 e. The Hall–Kier alpha value is -2.09. The van der Waals surface area contributed by atoms with E-state index in [-0.39, 0.29) is 17.9 Å². The highest BCUT2D eigenvalue weighted by Gasteiger charge is 2.48. The van der Waals surface area contributed by atoms with Crippen molar-refractivity contribution in [2.24, 2.45) is 5.92 Å². The molecular weight excluding hydrogens is 410 g/mol. The highest BCUT2D eigenvalue weighted by atomic mass is 16.6. The van der Waals surface area contributed by atoms with Gasteiger partial charge in [-0.1, -0.05) is 19.1 Å². The average molecular weight is 454 g/mol. The molecule has 0 bridgehead atoms. The van der Waals surface area contributed by atoms with Crippen molar-refractivity contribution in [1.82, 2.24) is 15.1 Å². The van der Waals surface area contributed by atoms with Crippen molar-refractivity contribution >= 4 is 18.0 Å². The summed E-state index contributed by atoms with van der Waals surface area (Å²) < 4.78 is 11.3. The molecule has 184 valence electrons. The van der Waals surface area contributed by atoms with Crippen LogP contribution in [-0.4, -0.2) is 70.8 Å². The summed E-state index contributed by atoms with van der Waals surface area (Å²) in [5.41, 5.74) is -1.33. The zero-order valence-corrected chi connectivity index (χ0v) is 21.4. The van der Waals surface area contributed by atoms with Gasteiger partial charge in [0.25, 0.3) is 0 Å². The zero-order chi connectivity index (χ0) is 24.7. The van der Waals surface area contributed by atoms with Crippen molar-refractivity contribution in [2.75, 3.05) is 19.8 Å². The van der Waals surface area contributed by atoms with Crippen molar-refractivity contribution in [2.45, 2.75) is 98.4 Å². The monoisotopic (exact) mass is 453 g/mol. The molecule has 8 heteroatoms. The molecule has 8 nitrogen and oxygen atoms in total. The van der Waals surface area contributed by atoms with Crippen LogP contribution >= 0.6 is 0 Å². The van der Waals surface area contributed by atoms with Gasteiger partial charge in [0.2, 0.25) is 5.91 Å². The molecule has 0 unspecified atom stereocenters. The third-order valence-corrected chi connectivity index (χ3v) is 5.15. The lowest BCUT2D eigenvalue weighted by molar-refractivity contribution is -0.160. The first kappa shape index (κ1) is 27.9. The van der Waals surface area contributed by atoms with Gasteiger partial charge in [-0.25, -0.2) is 9.59 Å². The van der Waals surface area contributed by atoms with Crippen molar-refractivity contribution in [3.05, 3.63) is 12.2 Å². The van der Waals surface area contributed by atoms with Crippen LogP contribution in [0.1, 0.15) is 75.2 Å². The fourth-order valence-electron chi connectivity index (χ4n) is 3.82. The molecule has 1 heterocycles. The van der Waals surface area contributed by atoms with Gasteiger partial charge in [-0.3, -0.25) is 14.6 Å². The van der Waals surface area contributed by atoms with E-state index in [1.807, 2.05) is 61.5 Å². The molecule has 1 aliphatic rings. The van der Waals surface area contributed by atoms with Crippen LogP contribution in [0.5, 0.6) is 0 Å². The lowest BCUT2D eigenvalue weighted by atomic mass is 9.96. The van der Waals surface area contributed by atoms with Crippen molar-refractivity contribution in [1.29, 1.82) is 0 Å². The van der Waals surface area contributed by atoms with E-state index < -0.39 is 29.3 Å². The van der Waals surface area contributed by atoms with Crippen LogP contribution in [0.3, 0.4) is 0 Å². The van der Waals surface area contributed by atoms with Crippen molar-refractivity contribution in [3.8, 4) is 0 Å². The lowest BCUT2D eigenvalue weighted by Crippen LogP contribution is -2.50. The minimum atomic E-state index is -0.708. The summed E-state index contributed by atoms with van der Waals surface area (Å²) in [6.45, 7) is 18.2. The first-order valence-electron chi connectivity index (χ1n) is 11.5. The number of hydrogen-bond donors (Lipinski definition) is 1. The number of carbonyl (C=O) groups excluding carboxylic acids is 3. The second-order valence-corrected chi connectivity index (χ2v) is 10.3. The Bertz CT molecular complexity index is 678. The number of ether oxygens (including phenoxy) is 2. The lowest BCUT2D eigenvalue weighted by Gasteiger charge is -2.34. The Kier molecular flexibility index (Phi) is 10.2. The number of nitrogens with zero attached hydrogens (tertiary/aromatic N) is 2. The summed E-state index contributed by atoms with van der Waals surface area (Å²) in [6, 6.07) is -0.925. The second kappa shape index (κ2) is 11.7. The van der Waals surface area contributed by atoms with Gasteiger partial charge in [-0.2, -0.15) is 0 Å². The van der Waals surface area contributed by atoms with Crippen LogP contribution in [0.4, 0.5) is 4.79 Å². The molecule has 1 fully saturated rings. The van der Waals surface area contributed by atoms with Crippen molar-refractivity contribution < 1.29 is 23.9 Å². The predicted octanol–water partition coefficient (Wildman–Crippen LogP) is 3.70. The molecule has 0 aliphatic carbocycles. The number of nitrogens with one attached hydrogen (secondary N) is 1. The van der Waals surface area contributed by atoms with Crippen LogP contribution in [0.2, 0.25) is 0 Å². The van der Waals surface area contributed by atoms with E-state index in [9.17, 15) is 14.4 Å². The summed E-state index contributed by atoms with van der Waals surface area (Å²) in [5.74, 6) is -0.494. The number of hydrogen-bond acceptors (Lipinski definition) is 6. The van der Waals surface area contributed by atoms with Gasteiger partial charge in [-0.05, 0) is 73.8 Å². The zero-order valence-electron chi connectivity index (χ0n) is 21.4. The smallest absolute Gasteiger partial charge is 0.411 e. The van der Waals surface area contributed by atoms with Gasteiger partial charge in [0.05, 0.1) is 6.67 Å². The topological polar surface area (TPSA) is 88.2 Å². The van der Waals surface area contributed by atoms with Crippen LogP contribution in [0.25, 0.3) is 0 Å². The normalized spacial score (nSPS) is 21.8. The quantitative estimate of drug-likeness (QED) is 0.342. The molecule has 0 spiro atoms. The van der Waals surface area contributed by atoms with E-state index in [4.69, 9.17) is 9.47 Å². The van der Waals surface area contributed by atoms with Crippen LogP contribution in [0, 0.1) is 5.92 Å². The fourth-order valence-corrected chi connectivity index (χ4v) is 3.82. The molecule has 0 aromatic carbocycles. The van der Waals surface area contributed by atoms with E-state index in [0.717, 1.165) is 6.54 Å². The molecule has 0 aromatic rings. The maximum Gasteiger partial charge on any atom is 0.411 e. The maximum absolute atomic E-state index is 13.2. The fraction of sp³-hybridized carbons (Fsp3) is 0.792. The average Bonchev–Trinajstić information content (AvgIpc) is 2.98. The molecule has 32 heavy (non-hydrogen) atoms. The van der Waals surface area contributed by atoms with E-state index in [2.05, 4.69) is 16.3 Å². The van der Waals surface area contributed by atoms with E-state index in [1.54, 1.807) is 4.90 Å². The maximum atomic E-state index is 13.2. The first-order chi connectivity index (χ1) is 14.7. The summed E-state index contributed by atoms with van der Waals surface area (Å²) in [6.07, 6.45) is 4.63. The minimum absolute atomic E-state index is 0.00418. The Morgan fingerprint density at radius 2 is 1.69 bits per heavy atom. The summed E-state index contributed by atoms with van der Waals surface area (Å²) in [4.78, 5) is 41.3. The Morgan fingerprint density at radius 3 is 2.16 bits per heavy atom. The van der Waals surface area contributed by atoms with E-state index in [0.29, 0.717) is 26.1 Å². The molecule has 0 aromatic heterocycles. The number of allylic oxidation sites excluding steroid dienone is 1.